The summed E-state index contributed by atoms with van der Waals surface area (Å²) in [6.07, 6.45) is 1.35. The highest BCUT2D eigenvalue weighted by Crippen LogP contribution is 2.39. The van der Waals surface area contributed by atoms with Crippen molar-refractivity contribution in [3.05, 3.63) is 23.8 Å². The van der Waals surface area contributed by atoms with Crippen molar-refractivity contribution in [1.29, 1.82) is 0 Å². The first kappa shape index (κ1) is 18.8. The van der Waals surface area contributed by atoms with Crippen molar-refractivity contribution in [2.24, 2.45) is 11.3 Å². The highest BCUT2D eigenvalue weighted by atomic mass is 31.1. The summed E-state index contributed by atoms with van der Waals surface area (Å²) in [6, 6.07) is 5.11. The van der Waals surface area contributed by atoms with Crippen LogP contribution in [0.1, 0.15) is 44.5 Å². The molecule has 0 fully saturated rings. The third kappa shape index (κ3) is 5.17. The molecule has 1 aromatic carbocycles. The van der Waals surface area contributed by atoms with E-state index in [1.807, 2.05) is 6.92 Å². The molecular weight excluding hydrogens is 299 g/mol. The van der Waals surface area contributed by atoms with Gasteiger partial charge in [0, 0.05) is 6.16 Å². The molecule has 4 nitrogen and oxygen atoms in total. The van der Waals surface area contributed by atoms with Crippen LogP contribution in [0.2, 0.25) is 0 Å². The van der Waals surface area contributed by atoms with Crippen LogP contribution in [0.15, 0.2) is 18.2 Å². The number of benzene rings is 1. The molecule has 124 valence electrons. The van der Waals surface area contributed by atoms with Gasteiger partial charge in [-0.2, -0.15) is 0 Å². The van der Waals surface area contributed by atoms with E-state index in [1.54, 1.807) is 18.2 Å². The number of ether oxygens (including phenoxy) is 2. The van der Waals surface area contributed by atoms with Crippen molar-refractivity contribution in [2.75, 3.05) is 20.4 Å². The molecule has 0 N–H and O–H groups in total. The second-order valence-corrected chi connectivity index (χ2v) is 8.57. The molecule has 2 atom stereocenters. The zero-order valence-electron chi connectivity index (χ0n) is 14.4. The average Bonchev–Trinajstić information content (AvgIpc) is 2.43. The quantitative estimate of drug-likeness (QED) is 0.693. The topological polar surface area (TPSA) is 52.6 Å². The minimum atomic E-state index is -2.40. The van der Waals surface area contributed by atoms with Crippen LogP contribution in [0.4, 0.5) is 0 Å². The zero-order chi connectivity index (χ0) is 16.9. The van der Waals surface area contributed by atoms with Gasteiger partial charge < -0.3 is 14.0 Å². The first-order chi connectivity index (χ1) is 10.2. The van der Waals surface area contributed by atoms with Gasteiger partial charge in [-0.3, -0.25) is 4.79 Å². The summed E-state index contributed by atoms with van der Waals surface area (Å²) in [5.41, 5.74) is 0.0895. The average molecular weight is 326 g/mol. The normalized spacial score (nSPS) is 14.3. The molecule has 0 heterocycles. The predicted octanol–water partition coefficient (Wildman–Crippen LogP) is 4.48. The van der Waals surface area contributed by atoms with Gasteiger partial charge >= 0.3 is 0 Å². The molecule has 1 aromatic rings. The van der Waals surface area contributed by atoms with Gasteiger partial charge in [-0.05, 0) is 29.9 Å². The van der Waals surface area contributed by atoms with Crippen molar-refractivity contribution in [1.82, 2.24) is 0 Å². The largest absolute Gasteiger partial charge is 0.496 e. The van der Waals surface area contributed by atoms with Gasteiger partial charge in [0.25, 0.3) is 0 Å². The second-order valence-electron chi connectivity index (χ2n) is 6.86. The lowest BCUT2D eigenvalue weighted by Gasteiger charge is -2.23. The van der Waals surface area contributed by atoms with E-state index in [9.17, 15) is 9.36 Å². The lowest BCUT2D eigenvalue weighted by atomic mass is 9.86. The lowest BCUT2D eigenvalue weighted by Crippen LogP contribution is -2.13. The van der Waals surface area contributed by atoms with Gasteiger partial charge in [0.15, 0.2) is 0 Å². The van der Waals surface area contributed by atoms with E-state index in [2.05, 4.69) is 20.8 Å². The maximum absolute atomic E-state index is 12.6. The number of hydrogen-bond donors (Lipinski definition) is 0. The van der Waals surface area contributed by atoms with Gasteiger partial charge in [-0.15, -0.1) is 0 Å². The Kier molecular flexibility index (Phi) is 6.67. The van der Waals surface area contributed by atoms with Gasteiger partial charge in [0.2, 0.25) is 5.52 Å². The number of carbonyl (C=O) groups is 1. The van der Waals surface area contributed by atoms with Crippen molar-refractivity contribution >= 4 is 13.3 Å². The molecule has 0 saturated heterocycles. The van der Waals surface area contributed by atoms with Crippen LogP contribution in [0, 0.1) is 11.3 Å². The predicted molar refractivity (Wildman–Crippen MR) is 91.0 cm³/mol. The molecule has 22 heavy (non-hydrogen) atoms. The van der Waals surface area contributed by atoms with Crippen LogP contribution in [0.3, 0.4) is 0 Å². The van der Waals surface area contributed by atoms with Crippen molar-refractivity contribution in [3.8, 4) is 11.5 Å². The molecule has 5 heteroatoms. The van der Waals surface area contributed by atoms with Crippen LogP contribution in [-0.4, -0.2) is 25.9 Å². The summed E-state index contributed by atoms with van der Waals surface area (Å²) in [5, 5.41) is 0. The Morgan fingerprint density at radius 1 is 1.18 bits per heavy atom. The third-order valence-electron chi connectivity index (χ3n) is 3.40. The highest BCUT2D eigenvalue weighted by molar-refractivity contribution is 7.64. The Bertz CT molecular complexity index is 524. The van der Waals surface area contributed by atoms with Gasteiger partial charge in [0.05, 0.1) is 14.2 Å². The molecule has 0 bridgehead atoms. The number of carbonyl (C=O) groups excluding carboxylic acids is 1. The molecule has 0 amide bonds. The molecule has 0 aliphatic heterocycles. The van der Waals surface area contributed by atoms with Gasteiger partial charge in [-0.25, -0.2) is 0 Å². The third-order valence-corrected chi connectivity index (χ3v) is 5.23. The number of rotatable bonds is 7. The van der Waals surface area contributed by atoms with E-state index in [0.717, 1.165) is 6.42 Å². The minimum Gasteiger partial charge on any atom is -0.496 e. The zero-order valence-corrected chi connectivity index (χ0v) is 15.4. The molecular formula is C17H27O4P. The minimum absolute atomic E-state index is 0.159. The maximum atomic E-state index is 12.6. The summed E-state index contributed by atoms with van der Waals surface area (Å²) in [4.78, 5) is 12.6. The summed E-state index contributed by atoms with van der Waals surface area (Å²) in [7, 11) is 0.579. The first-order valence-electron chi connectivity index (χ1n) is 7.48. The van der Waals surface area contributed by atoms with E-state index in [1.165, 1.54) is 14.2 Å². The Morgan fingerprint density at radius 3 is 2.09 bits per heavy atom. The van der Waals surface area contributed by atoms with Crippen molar-refractivity contribution < 1.29 is 18.8 Å². The van der Waals surface area contributed by atoms with Crippen LogP contribution in [0.25, 0.3) is 0 Å². The highest BCUT2D eigenvalue weighted by Gasteiger charge is 2.25. The molecule has 0 aliphatic carbocycles. The fourth-order valence-corrected chi connectivity index (χ4v) is 4.23. The smallest absolute Gasteiger partial charge is 0.225 e. The van der Waals surface area contributed by atoms with E-state index >= 15 is 0 Å². The SMILES string of the molecule is COc1cccc(OC)c1C(=O)[PH](=O)CC(C)CC(C)(C)C. The maximum Gasteiger partial charge on any atom is 0.225 e. The lowest BCUT2D eigenvalue weighted by molar-refractivity contribution is 0.107. The first-order valence-corrected chi connectivity index (χ1v) is 9.09. The summed E-state index contributed by atoms with van der Waals surface area (Å²) < 4.78 is 22.9. The van der Waals surface area contributed by atoms with Crippen LogP contribution in [-0.2, 0) is 4.57 Å². The summed E-state index contributed by atoms with van der Waals surface area (Å²) in [5.74, 6) is 1.05. The Hall–Kier alpha value is -1.28. The molecule has 0 aliphatic rings. The summed E-state index contributed by atoms with van der Waals surface area (Å²) >= 11 is 0. The second kappa shape index (κ2) is 7.82. The molecule has 0 aromatic heterocycles. The van der Waals surface area contributed by atoms with Crippen molar-refractivity contribution in [3.63, 3.8) is 0 Å². The monoisotopic (exact) mass is 326 g/mol. The van der Waals surface area contributed by atoms with Crippen LogP contribution >= 0.6 is 7.80 Å². The molecule has 0 spiro atoms. The summed E-state index contributed by atoms with van der Waals surface area (Å²) in [6.45, 7) is 8.48. The van der Waals surface area contributed by atoms with Gasteiger partial charge in [-0.1, -0.05) is 33.8 Å². The molecule has 2 unspecified atom stereocenters. The van der Waals surface area contributed by atoms with Gasteiger partial charge in [0.1, 0.15) is 24.9 Å². The Morgan fingerprint density at radius 2 is 1.68 bits per heavy atom. The molecule has 0 radical (unpaired) electrons. The van der Waals surface area contributed by atoms with E-state index in [-0.39, 0.29) is 16.9 Å². The van der Waals surface area contributed by atoms with Crippen LogP contribution < -0.4 is 9.47 Å². The Labute approximate surface area is 134 Å². The fraction of sp³-hybridized carbons (Fsp3) is 0.588. The van der Waals surface area contributed by atoms with E-state index in [0.29, 0.717) is 23.2 Å². The molecule has 0 saturated carbocycles. The van der Waals surface area contributed by atoms with E-state index in [4.69, 9.17) is 9.47 Å². The van der Waals surface area contributed by atoms with Crippen LogP contribution in [0.5, 0.6) is 11.5 Å². The standard InChI is InChI=1S/C17H27O4P/c1-12(10-17(2,3)4)11-22(19)16(18)15-13(20-5)8-7-9-14(15)21-6/h7-9,12,22H,10-11H2,1-6H3. The number of methoxy groups -OCH3 is 2. The van der Waals surface area contributed by atoms with Crippen molar-refractivity contribution in [2.45, 2.75) is 34.1 Å². The number of hydrogen-bond acceptors (Lipinski definition) is 4. The fourth-order valence-electron chi connectivity index (χ4n) is 2.74. The Balaban J connectivity index is 2.94. The molecule has 1 rings (SSSR count). The van der Waals surface area contributed by atoms with E-state index < -0.39 is 7.80 Å².